The van der Waals surface area contributed by atoms with Gasteiger partial charge in [-0.2, -0.15) is 0 Å². The largest absolute Gasteiger partial charge is 0.374 e. The van der Waals surface area contributed by atoms with E-state index in [9.17, 15) is 13.6 Å². The van der Waals surface area contributed by atoms with E-state index < -0.39 is 6.43 Å². The summed E-state index contributed by atoms with van der Waals surface area (Å²) in [4.78, 5) is 28.0. The van der Waals surface area contributed by atoms with Gasteiger partial charge >= 0.3 is 0 Å². The van der Waals surface area contributed by atoms with Crippen LogP contribution in [-0.2, 0) is 16.0 Å². The van der Waals surface area contributed by atoms with E-state index in [2.05, 4.69) is 25.9 Å². The Balaban J connectivity index is 1.27. The van der Waals surface area contributed by atoms with Crippen LogP contribution in [0.15, 0.2) is 36.7 Å². The molecule has 190 valence electrons. The number of aromatic amines is 1. The second-order valence-corrected chi connectivity index (χ2v) is 10.5. The van der Waals surface area contributed by atoms with Gasteiger partial charge in [0.25, 0.3) is 6.43 Å². The van der Waals surface area contributed by atoms with Gasteiger partial charge in [0.1, 0.15) is 6.29 Å². The maximum absolute atomic E-state index is 13.6. The summed E-state index contributed by atoms with van der Waals surface area (Å²) in [5.41, 5.74) is 3.75. The number of anilines is 1. The first-order valence-electron chi connectivity index (χ1n) is 12.8. The first-order chi connectivity index (χ1) is 17.5. The molecule has 1 N–H and O–H groups in total. The second-order valence-electron chi connectivity index (χ2n) is 10.5. The number of hydrogen-bond acceptors (Lipinski definition) is 6. The molecule has 36 heavy (non-hydrogen) atoms. The molecule has 1 aromatic carbocycles. The van der Waals surface area contributed by atoms with Crippen molar-refractivity contribution in [3.8, 4) is 0 Å². The Morgan fingerprint density at radius 2 is 1.97 bits per heavy atom. The predicted molar refractivity (Wildman–Crippen MR) is 132 cm³/mol. The normalized spacial score (nSPS) is 26.1. The van der Waals surface area contributed by atoms with Crippen LogP contribution in [-0.4, -0.2) is 70.4 Å². The van der Waals surface area contributed by atoms with Crippen LogP contribution in [0.2, 0.25) is 0 Å². The number of carbonyl (C=O) groups is 1. The zero-order valence-corrected chi connectivity index (χ0v) is 20.4. The number of nitrogens with zero attached hydrogens (tertiary/aromatic N) is 4. The molecule has 1 spiro atoms. The third-order valence-electron chi connectivity index (χ3n) is 8.23. The van der Waals surface area contributed by atoms with Crippen LogP contribution in [0, 0.1) is 5.92 Å². The van der Waals surface area contributed by atoms with Crippen LogP contribution >= 0.6 is 0 Å². The molecule has 0 saturated carbocycles. The molecular weight excluding hydrogens is 464 g/mol. The maximum atomic E-state index is 13.6. The number of fused-ring (bicyclic) bond motifs is 3. The van der Waals surface area contributed by atoms with Crippen molar-refractivity contribution in [3.05, 3.63) is 53.5 Å². The van der Waals surface area contributed by atoms with E-state index in [1.54, 1.807) is 12.4 Å². The molecule has 6 rings (SSSR count). The quantitative estimate of drug-likeness (QED) is 0.537. The first-order valence-corrected chi connectivity index (χ1v) is 12.8. The molecule has 7 nitrogen and oxygen atoms in total. The van der Waals surface area contributed by atoms with Crippen LogP contribution in [0.4, 0.5) is 14.7 Å². The number of alkyl halides is 2. The number of hydrogen-bond donors (Lipinski definition) is 1. The fourth-order valence-electron chi connectivity index (χ4n) is 6.38. The number of H-pyrrole nitrogens is 1. The van der Waals surface area contributed by atoms with Crippen LogP contribution in [0.1, 0.15) is 49.0 Å². The SMILES string of the molecule is C[C@@H]1Cc2c([nH]c3ccccc23)[C@@H](c2cnc(N3CCC4(CC3)C[C@H](C=O)CO4)nc2)N1CC(F)F. The van der Waals surface area contributed by atoms with Crippen LogP contribution < -0.4 is 4.90 Å². The summed E-state index contributed by atoms with van der Waals surface area (Å²) in [5.74, 6) is 0.635. The number of aromatic nitrogens is 3. The molecule has 9 heteroatoms. The van der Waals surface area contributed by atoms with Crippen molar-refractivity contribution < 1.29 is 18.3 Å². The van der Waals surface area contributed by atoms with E-state index >= 15 is 0 Å². The summed E-state index contributed by atoms with van der Waals surface area (Å²) in [7, 11) is 0. The summed E-state index contributed by atoms with van der Waals surface area (Å²) in [6.07, 6.45) is 5.33. The van der Waals surface area contributed by atoms with Gasteiger partial charge < -0.3 is 19.4 Å². The van der Waals surface area contributed by atoms with Gasteiger partial charge in [-0.15, -0.1) is 0 Å². The average Bonchev–Trinajstić information content (AvgIpc) is 3.46. The number of carbonyl (C=O) groups excluding carboxylic acids is 1. The number of rotatable bonds is 5. The third kappa shape index (κ3) is 4.08. The van der Waals surface area contributed by atoms with E-state index in [0.29, 0.717) is 19.0 Å². The lowest BCUT2D eigenvalue weighted by molar-refractivity contribution is -0.111. The maximum Gasteiger partial charge on any atom is 0.251 e. The lowest BCUT2D eigenvalue weighted by atomic mass is 9.86. The minimum Gasteiger partial charge on any atom is -0.374 e. The molecule has 3 aromatic rings. The monoisotopic (exact) mass is 495 g/mol. The molecule has 0 bridgehead atoms. The molecule has 3 aliphatic rings. The average molecular weight is 496 g/mol. The highest BCUT2D eigenvalue weighted by molar-refractivity contribution is 5.85. The van der Waals surface area contributed by atoms with Crippen LogP contribution in [0.5, 0.6) is 0 Å². The zero-order valence-electron chi connectivity index (χ0n) is 20.4. The topological polar surface area (TPSA) is 74.3 Å². The van der Waals surface area contributed by atoms with E-state index in [1.165, 1.54) is 5.56 Å². The van der Waals surface area contributed by atoms with Crippen molar-refractivity contribution in [2.24, 2.45) is 5.92 Å². The highest BCUT2D eigenvalue weighted by Gasteiger charge is 2.43. The van der Waals surface area contributed by atoms with E-state index in [-0.39, 0.29) is 30.1 Å². The Morgan fingerprint density at radius 1 is 1.22 bits per heavy atom. The van der Waals surface area contributed by atoms with Gasteiger partial charge in [0, 0.05) is 59.6 Å². The number of benzene rings is 1. The fraction of sp³-hybridized carbons (Fsp3) is 0.519. The van der Waals surface area contributed by atoms with Gasteiger partial charge in [0.05, 0.1) is 24.8 Å². The van der Waals surface area contributed by atoms with Crippen molar-refractivity contribution >= 4 is 23.1 Å². The van der Waals surface area contributed by atoms with Crippen molar-refractivity contribution in [3.63, 3.8) is 0 Å². The lowest BCUT2D eigenvalue weighted by Gasteiger charge is -2.41. The Bertz CT molecular complexity index is 1240. The Kier molecular flexibility index (Phi) is 6.00. The molecule has 0 unspecified atom stereocenters. The van der Waals surface area contributed by atoms with Crippen molar-refractivity contribution in [1.29, 1.82) is 0 Å². The Labute approximate surface area is 208 Å². The molecule has 3 aliphatic heterocycles. The number of ether oxygens (including phenoxy) is 1. The molecule has 3 atom stereocenters. The molecule has 2 aromatic heterocycles. The fourth-order valence-corrected chi connectivity index (χ4v) is 6.38. The number of aldehydes is 1. The Hall–Kier alpha value is -2.91. The molecular formula is C27H31F2N5O2. The second kappa shape index (κ2) is 9.19. The van der Waals surface area contributed by atoms with E-state index in [0.717, 1.165) is 60.8 Å². The minimum absolute atomic E-state index is 0.00400. The summed E-state index contributed by atoms with van der Waals surface area (Å²) >= 11 is 0. The smallest absolute Gasteiger partial charge is 0.251 e. The predicted octanol–water partition coefficient (Wildman–Crippen LogP) is 4.13. The van der Waals surface area contributed by atoms with Gasteiger partial charge in [-0.1, -0.05) is 18.2 Å². The Morgan fingerprint density at radius 3 is 2.67 bits per heavy atom. The van der Waals surface area contributed by atoms with Crippen LogP contribution in [0.3, 0.4) is 0 Å². The molecule has 2 fully saturated rings. The van der Waals surface area contributed by atoms with E-state index in [4.69, 9.17) is 4.74 Å². The first kappa shape index (κ1) is 23.5. The lowest BCUT2D eigenvalue weighted by Crippen LogP contribution is -2.45. The summed E-state index contributed by atoms with van der Waals surface area (Å²) in [6.45, 7) is 3.74. The third-order valence-corrected chi connectivity index (χ3v) is 8.23. The van der Waals surface area contributed by atoms with Gasteiger partial charge in [-0.3, -0.25) is 4.90 Å². The zero-order chi connectivity index (χ0) is 24.9. The summed E-state index contributed by atoms with van der Waals surface area (Å²) in [5, 5.41) is 1.15. The number of nitrogens with one attached hydrogen (secondary N) is 1. The molecule has 2 saturated heterocycles. The number of piperidine rings is 1. The van der Waals surface area contributed by atoms with Crippen molar-refractivity contribution in [2.75, 3.05) is 31.1 Å². The van der Waals surface area contributed by atoms with Gasteiger partial charge in [0.15, 0.2) is 0 Å². The molecule has 0 aliphatic carbocycles. The van der Waals surface area contributed by atoms with E-state index in [1.807, 2.05) is 30.0 Å². The molecule has 0 amide bonds. The minimum atomic E-state index is -2.43. The highest BCUT2D eigenvalue weighted by atomic mass is 19.3. The standard InChI is InChI=1S/C27H31F2N5O2/c1-17-10-21-20-4-2-3-5-22(20)32-24(21)25(34(17)14-23(28)29)19-12-30-26(31-13-19)33-8-6-27(7-9-33)11-18(15-35)16-36-27/h2-5,12-13,15,17-18,23,25,32H,6-11,14,16H2,1H3/t17-,18-,25-/m1/s1. The number of halogens is 2. The van der Waals surface area contributed by atoms with Crippen LogP contribution in [0.25, 0.3) is 10.9 Å². The van der Waals surface area contributed by atoms with Gasteiger partial charge in [0.2, 0.25) is 5.95 Å². The number of para-hydroxylation sites is 1. The van der Waals surface area contributed by atoms with Gasteiger partial charge in [-0.25, -0.2) is 18.7 Å². The summed E-state index contributed by atoms with van der Waals surface area (Å²) < 4.78 is 33.3. The van der Waals surface area contributed by atoms with Crippen molar-refractivity contribution in [1.82, 2.24) is 19.9 Å². The molecule has 0 radical (unpaired) electrons. The van der Waals surface area contributed by atoms with Gasteiger partial charge in [-0.05, 0) is 44.2 Å². The molecule has 5 heterocycles. The highest BCUT2D eigenvalue weighted by Crippen LogP contribution is 2.41. The van der Waals surface area contributed by atoms with Crippen molar-refractivity contribution in [2.45, 2.75) is 56.7 Å². The summed E-state index contributed by atoms with van der Waals surface area (Å²) in [6, 6.07) is 7.70.